The Hall–Kier alpha value is -2.99. The summed E-state index contributed by atoms with van der Waals surface area (Å²) in [6.45, 7) is 1.54. The first-order valence-corrected chi connectivity index (χ1v) is 7.60. The minimum Gasteiger partial charge on any atom is -0.362 e. The van der Waals surface area contributed by atoms with Gasteiger partial charge in [-0.3, -0.25) is 4.79 Å². The molecular weight excluding hydrogens is 326 g/mol. The fraction of sp³-hybridized carbons (Fsp3) is 0.0588. The monoisotopic (exact) mass is 339 g/mol. The number of ketones is 1. The molecule has 0 spiro atoms. The van der Waals surface area contributed by atoms with Crippen molar-refractivity contribution in [2.24, 2.45) is 0 Å². The van der Waals surface area contributed by atoms with E-state index >= 15 is 0 Å². The summed E-state index contributed by atoms with van der Waals surface area (Å²) in [4.78, 5) is 11.4. The second-order valence-electron chi connectivity index (χ2n) is 5.04. The number of carbonyl (C=O) groups is 1. The van der Waals surface area contributed by atoms with E-state index in [1.54, 1.807) is 41.2 Å². The molecule has 0 saturated carbocycles. The van der Waals surface area contributed by atoms with E-state index < -0.39 is 0 Å². The summed E-state index contributed by atoms with van der Waals surface area (Å²) in [7, 11) is 0. The van der Waals surface area contributed by atoms with Crippen LogP contribution in [0.3, 0.4) is 0 Å². The van der Waals surface area contributed by atoms with Gasteiger partial charge in [0, 0.05) is 28.5 Å². The Labute approximate surface area is 143 Å². The highest BCUT2D eigenvalue weighted by atomic mass is 35.5. The molecular formula is C17H14ClN5O. The molecule has 0 aliphatic heterocycles. The van der Waals surface area contributed by atoms with E-state index in [2.05, 4.69) is 20.8 Å². The first kappa shape index (κ1) is 15.9. The maximum absolute atomic E-state index is 11.4. The van der Waals surface area contributed by atoms with Crippen LogP contribution in [-0.2, 0) is 0 Å². The highest BCUT2D eigenvalue weighted by molar-refractivity contribution is 6.30. The fourth-order valence-corrected chi connectivity index (χ4v) is 2.23. The van der Waals surface area contributed by atoms with E-state index in [4.69, 9.17) is 11.6 Å². The van der Waals surface area contributed by atoms with Crippen molar-refractivity contribution < 1.29 is 4.79 Å². The van der Waals surface area contributed by atoms with Gasteiger partial charge in [0.15, 0.2) is 11.6 Å². The molecule has 0 unspecified atom stereocenters. The van der Waals surface area contributed by atoms with E-state index in [0.29, 0.717) is 16.4 Å². The predicted octanol–water partition coefficient (Wildman–Crippen LogP) is 3.60. The summed E-state index contributed by atoms with van der Waals surface area (Å²) >= 11 is 5.89. The summed E-state index contributed by atoms with van der Waals surface area (Å²) in [5, 5.41) is 15.4. The standard InChI is InChI=1S/C17H14ClN5O/c1-12(24)13-3-2-4-15(11-13)19-10-9-17-20-21-22-23(17)16-7-5-14(18)6-8-16/h2-11,19H,1H3. The normalized spacial score (nSPS) is 10.9. The third-order valence-electron chi connectivity index (χ3n) is 3.32. The van der Waals surface area contributed by atoms with Crippen LogP contribution in [0.2, 0.25) is 5.02 Å². The largest absolute Gasteiger partial charge is 0.362 e. The van der Waals surface area contributed by atoms with Gasteiger partial charge in [0.05, 0.1) is 5.69 Å². The zero-order valence-corrected chi connectivity index (χ0v) is 13.6. The first-order valence-electron chi connectivity index (χ1n) is 7.22. The molecule has 2 aromatic carbocycles. The third kappa shape index (κ3) is 3.67. The molecule has 0 aliphatic rings. The van der Waals surface area contributed by atoms with Crippen molar-refractivity contribution >= 4 is 29.1 Å². The lowest BCUT2D eigenvalue weighted by atomic mass is 10.1. The Bertz CT molecular complexity index is 886. The number of tetrazole rings is 1. The highest BCUT2D eigenvalue weighted by Crippen LogP contribution is 2.15. The third-order valence-corrected chi connectivity index (χ3v) is 3.57. The van der Waals surface area contributed by atoms with Gasteiger partial charge < -0.3 is 5.32 Å². The van der Waals surface area contributed by atoms with Crippen molar-refractivity contribution in [3.8, 4) is 5.69 Å². The van der Waals surface area contributed by atoms with Crippen molar-refractivity contribution in [2.45, 2.75) is 6.92 Å². The molecule has 0 amide bonds. The minimum atomic E-state index is 0.0225. The number of nitrogens with one attached hydrogen (secondary N) is 1. The van der Waals surface area contributed by atoms with Crippen LogP contribution < -0.4 is 5.32 Å². The molecule has 3 aromatic rings. The molecule has 0 fully saturated rings. The van der Waals surface area contributed by atoms with E-state index in [1.807, 2.05) is 24.3 Å². The zero-order valence-electron chi connectivity index (χ0n) is 12.8. The van der Waals surface area contributed by atoms with E-state index in [9.17, 15) is 4.79 Å². The SMILES string of the molecule is CC(=O)c1cccc(NC=Cc2nnnn2-c2ccc(Cl)cc2)c1. The number of Topliss-reactive ketones (excluding diaryl/α,β-unsaturated/α-hetero) is 1. The second-order valence-corrected chi connectivity index (χ2v) is 5.48. The van der Waals surface area contributed by atoms with Crippen LogP contribution in [0.25, 0.3) is 11.8 Å². The highest BCUT2D eigenvalue weighted by Gasteiger charge is 2.05. The van der Waals surface area contributed by atoms with E-state index in [-0.39, 0.29) is 5.78 Å². The lowest BCUT2D eigenvalue weighted by Crippen LogP contribution is -2.00. The number of benzene rings is 2. The molecule has 120 valence electrons. The maximum Gasteiger partial charge on any atom is 0.181 e. The molecule has 0 aliphatic carbocycles. The van der Waals surface area contributed by atoms with Crippen LogP contribution in [0.5, 0.6) is 0 Å². The number of anilines is 1. The molecule has 1 heterocycles. The predicted molar refractivity (Wildman–Crippen MR) is 93.3 cm³/mol. The summed E-state index contributed by atoms with van der Waals surface area (Å²) in [5.74, 6) is 0.585. The molecule has 0 radical (unpaired) electrons. The van der Waals surface area contributed by atoms with Crippen molar-refractivity contribution in [1.82, 2.24) is 20.2 Å². The molecule has 0 bridgehead atoms. The van der Waals surface area contributed by atoms with Gasteiger partial charge in [-0.25, -0.2) is 0 Å². The van der Waals surface area contributed by atoms with Gasteiger partial charge in [-0.2, -0.15) is 4.68 Å². The number of hydrogen-bond acceptors (Lipinski definition) is 5. The van der Waals surface area contributed by atoms with Gasteiger partial charge in [-0.05, 0) is 53.7 Å². The average molecular weight is 340 g/mol. The molecule has 24 heavy (non-hydrogen) atoms. The van der Waals surface area contributed by atoms with Crippen molar-refractivity contribution in [3.05, 3.63) is 71.1 Å². The summed E-state index contributed by atoms with van der Waals surface area (Å²) in [6, 6.07) is 14.5. The fourth-order valence-electron chi connectivity index (χ4n) is 2.10. The number of hydrogen-bond donors (Lipinski definition) is 1. The van der Waals surface area contributed by atoms with Crippen molar-refractivity contribution in [2.75, 3.05) is 5.32 Å². The van der Waals surface area contributed by atoms with Gasteiger partial charge in [0.25, 0.3) is 0 Å². The average Bonchev–Trinajstić information content (AvgIpc) is 3.04. The Morgan fingerprint density at radius 2 is 2.00 bits per heavy atom. The smallest absolute Gasteiger partial charge is 0.181 e. The van der Waals surface area contributed by atoms with E-state index in [1.165, 1.54) is 6.92 Å². The molecule has 7 heteroatoms. The summed E-state index contributed by atoms with van der Waals surface area (Å²) < 4.78 is 1.60. The number of carbonyl (C=O) groups excluding carboxylic acids is 1. The molecule has 3 rings (SSSR count). The number of aromatic nitrogens is 4. The lowest BCUT2D eigenvalue weighted by Gasteiger charge is -2.03. The Balaban J connectivity index is 1.76. The second kappa shape index (κ2) is 7.06. The molecule has 0 saturated heterocycles. The Morgan fingerprint density at radius 3 is 2.75 bits per heavy atom. The number of rotatable bonds is 5. The van der Waals surface area contributed by atoms with Crippen LogP contribution >= 0.6 is 11.6 Å². The van der Waals surface area contributed by atoms with Gasteiger partial charge in [0.2, 0.25) is 0 Å². The number of nitrogens with zero attached hydrogens (tertiary/aromatic N) is 4. The van der Waals surface area contributed by atoms with Crippen LogP contribution in [0, 0.1) is 0 Å². The van der Waals surface area contributed by atoms with Crippen LogP contribution in [0.15, 0.2) is 54.7 Å². The quantitative estimate of drug-likeness (QED) is 0.719. The minimum absolute atomic E-state index is 0.0225. The molecule has 1 aromatic heterocycles. The van der Waals surface area contributed by atoms with Gasteiger partial charge >= 0.3 is 0 Å². The van der Waals surface area contributed by atoms with Gasteiger partial charge in [0.1, 0.15) is 0 Å². The maximum atomic E-state index is 11.4. The van der Waals surface area contributed by atoms with E-state index in [0.717, 1.165) is 11.4 Å². The molecule has 0 atom stereocenters. The molecule has 6 nitrogen and oxygen atoms in total. The van der Waals surface area contributed by atoms with Crippen molar-refractivity contribution in [3.63, 3.8) is 0 Å². The van der Waals surface area contributed by atoms with Gasteiger partial charge in [-0.1, -0.05) is 23.7 Å². The van der Waals surface area contributed by atoms with Crippen LogP contribution in [-0.4, -0.2) is 26.0 Å². The molecule has 1 N–H and O–H groups in total. The number of halogens is 1. The Morgan fingerprint density at radius 1 is 1.21 bits per heavy atom. The van der Waals surface area contributed by atoms with Crippen molar-refractivity contribution in [1.29, 1.82) is 0 Å². The Kier molecular flexibility index (Phi) is 4.67. The summed E-state index contributed by atoms with van der Waals surface area (Å²) in [6.07, 6.45) is 3.46. The van der Waals surface area contributed by atoms with Gasteiger partial charge in [-0.15, -0.1) is 5.10 Å². The van der Waals surface area contributed by atoms with Crippen LogP contribution in [0.1, 0.15) is 23.1 Å². The first-order chi connectivity index (χ1) is 11.6. The summed E-state index contributed by atoms with van der Waals surface area (Å²) in [5.41, 5.74) is 2.27. The van der Waals surface area contributed by atoms with Crippen LogP contribution in [0.4, 0.5) is 5.69 Å². The topological polar surface area (TPSA) is 72.7 Å². The lowest BCUT2D eigenvalue weighted by molar-refractivity contribution is 0.101. The zero-order chi connectivity index (χ0) is 16.9.